The van der Waals surface area contributed by atoms with Crippen molar-refractivity contribution in [3.63, 3.8) is 0 Å². The summed E-state index contributed by atoms with van der Waals surface area (Å²) in [5, 5.41) is 11.5. The standard InChI is InChI=1S/C12H10ClFN2O2/c1-2-3-7-4-8-5-9(14)6-10(16(17)18)11(8)15-12(7)13/h4-6H,2-3H2,1H3. The third-order valence-corrected chi connectivity index (χ3v) is 2.93. The van der Waals surface area contributed by atoms with E-state index in [1.165, 1.54) is 6.07 Å². The third kappa shape index (κ3) is 2.26. The SMILES string of the molecule is CCCc1cc2cc(F)cc([N+](=O)[O-])c2nc1Cl. The summed E-state index contributed by atoms with van der Waals surface area (Å²) in [6.45, 7) is 1.98. The maximum atomic E-state index is 13.3. The first kappa shape index (κ1) is 12.7. The Hall–Kier alpha value is -1.75. The van der Waals surface area contributed by atoms with E-state index in [0.717, 1.165) is 18.1 Å². The Kier molecular flexibility index (Phi) is 3.43. The summed E-state index contributed by atoms with van der Waals surface area (Å²) in [7, 11) is 0. The number of nitro groups is 1. The number of nitro benzene ring substituents is 1. The predicted molar refractivity (Wildman–Crippen MR) is 67.4 cm³/mol. The smallest absolute Gasteiger partial charge is 0.258 e. The van der Waals surface area contributed by atoms with E-state index in [9.17, 15) is 14.5 Å². The van der Waals surface area contributed by atoms with Gasteiger partial charge >= 0.3 is 0 Å². The van der Waals surface area contributed by atoms with Crippen molar-refractivity contribution in [3.05, 3.63) is 44.8 Å². The van der Waals surface area contributed by atoms with Gasteiger partial charge < -0.3 is 0 Å². The fourth-order valence-corrected chi connectivity index (χ4v) is 2.07. The molecule has 0 saturated heterocycles. The van der Waals surface area contributed by atoms with Crippen LogP contribution in [0.4, 0.5) is 10.1 Å². The topological polar surface area (TPSA) is 56.0 Å². The minimum absolute atomic E-state index is 0.117. The summed E-state index contributed by atoms with van der Waals surface area (Å²) >= 11 is 5.97. The number of pyridine rings is 1. The van der Waals surface area contributed by atoms with Gasteiger partial charge in [-0.3, -0.25) is 10.1 Å². The molecule has 2 rings (SSSR count). The average Bonchev–Trinajstić information content (AvgIpc) is 2.30. The van der Waals surface area contributed by atoms with Crippen LogP contribution in [0, 0.1) is 15.9 Å². The molecule has 0 atom stereocenters. The number of halogens is 2. The van der Waals surface area contributed by atoms with Crippen LogP contribution in [-0.4, -0.2) is 9.91 Å². The van der Waals surface area contributed by atoms with Crippen LogP contribution in [0.1, 0.15) is 18.9 Å². The minimum atomic E-state index is -0.658. The number of rotatable bonds is 3. The van der Waals surface area contributed by atoms with Gasteiger partial charge in [0.25, 0.3) is 5.69 Å². The number of hydrogen-bond donors (Lipinski definition) is 0. The predicted octanol–water partition coefficient (Wildman–Crippen LogP) is 3.89. The van der Waals surface area contributed by atoms with Gasteiger partial charge in [-0.15, -0.1) is 0 Å². The highest BCUT2D eigenvalue weighted by Crippen LogP contribution is 2.29. The molecule has 1 aromatic heterocycles. The Labute approximate surface area is 108 Å². The number of aryl methyl sites for hydroxylation is 1. The van der Waals surface area contributed by atoms with Gasteiger partial charge in [0.2, 0.25) is 0 Å². The summed E-state index contributed by atoms with van der Waals surface area (Å²) in [5.74, 6) is -0.652. The molecule has 18 heavy (non-hydrogen) atoms. The van der Waals surface area contributed by atoms with Gasteiger partial charge in [-0.2, -0.15) is 0 Å². The zero-order chi connectivity index (χ0) is 13.3. The van der Waals surface area contributed by atoms with Gasteiger partial charge in [-0.1, -0.05) is 24.9 Å². The molecular formula is C12H10ClFN2O2. The second kappa shape index (κ2) is 4.86. The highest BCUT2D eigenvalue weighted by molar-refractivity contribution is 6.30. The van der Waals surface area contributed by atoms with Crippen molar-refractivity contribution < 1.29 is 9.31 Å². The Morgan fingerprint density at radius 2 is 2.17 bits per heavy atom. The number of aromatic nitrogens is 1. The lowest BCUT2D eigenvalue weighted by Crippen LogP contribution is -1.96. The van der Waals surface area contributed by atoms with Crippen LogP contribution in [-0.2, 0) is 6.42 Å². The molecule has 4 nitrogen and oxygen atoms in total. The van der Waals surface area contributed by atoms with Crippen molar-refractivity contribution in [2.75, 3.05) is 0 Å². The average molecular weight is 269 g/mol. The van der Waals surface area contributed by atoms with E-state index < -0.39 is 10.7 Å². The molecule has 0 bridgehead atoms. The van der Waals surface area contributed by atoms with Crippen molar-refractivity contribution in [1.82, 2.24) is 4.98 Å². The van der Waals surface area contributed by atoms with Crippen LogP contribution < -0.4 is 0 Å². The van der Waals surface area contributed by atoms with E-state index in [-0.39, 0.29) is 16.4 Å². The molecule has 0 aliphatic rings. The summed E-state index contributed by atoms with van der Waals surface area (Å²) in [4.78, 5) is 14.2. The molecule has 6 heteroatoms. The van der Waals surface area contributed by atoms with Crippen LogP contribution >= 0.6 is 11.6 Å². The van der Waals surface area contributed by atoms with Crippen molar-refractivity contribution in [3.8, 4) is 0 Å². The van der Waals surface area contributed by atoms with Gasteiger partial charge in [0.1, 0.15) is 16.5 Å². The van der Waals surface area contributed by atoms with E-state index in [4.69, 9.17) is 11.6 Å². The van der Waals surface area contributed by atoms with Crippen LogP contribution in [0.3, 0.4) is 0 Å². The second-order valence-corrected chi connectivity index (χ2v) is 4.30. The second-order valence-electron chi connectivity index (χ2n) is 3.94. The molecule has 1 heterocycles. The molecular weight excluding hydrogens is 259 g/mol. The largest absolute Gasteiger partial charge is 0.298 e. The Balaban J connectivity index is 2.75. The molecule has 0 aliphatic carbocycles. The first-order chi connectivity index (χ1) is 8.52. The molecule has 0 radical (unpaired) electrons. The lowest BCUT2D eigenvalue weighted by molar-refractivity contribution is -0.383. The number of hydrogen-bond acceptors (Lipinski definition) is 3. The molecule has 0 spiro atoms. The quantitative estimate of drug-likeness (QED) is 0.482. The van der Waals surface area contributed by atoms with E-state index in [1.54, 1.807) is 6.07 Å². The molecule has 94 valence electrons. The summed E-state index contributed by atoms with van der Waals surface area (Å²) in [5.41, 5.74) is 0.521. The van der Waals surface area contributed by atoms with Crippen LogP contribution in [0.2, 0.25) is 5.15 Å². The molecule has 0 saturated carbocycles. The van der Waals surface area contributed by atoms with Crippen LogP contribution in [0.5, 0.6) is 0 Å². The highest BCUT2D eigenvalue weighted by atomic mass is 35.5. The first-order valence-corrected chi connectivity index (χ1v) is 5.83. The van der Waals surface area contributed by atoms with E-state index in [2.05, 4.69) is 4.98 Å². The van der Waals surface area contributed by atoms with Gasteiger partial charge in [-0.25, -0.2) is 9.37 Å². The summed E-state index contributed by atoms with van der Waals surface area (Å²) in [6.07, 6.45) is 1.57. The van der Waals surface area contributed by atoms with Crippen molar-refractivity contribution in [1.29, 1.82) is 0 Å². The molecule has 0 unspecified atom stereocenters. The van der Waals surface area contributed by atoms with E-state index in [1.807, 2.05) is 6.92 Å². The van der Waals surface area contributed by atoms with E-state index in [0.29, 0.717) is 11.8 Å². The van der Waals surface area contributed by atoms with Crippen molar-refractivity contribution in [2.24, 2.45) is 0 Å². The van der Waals surface area contributed by atoms with Gasteiger partial charge in [0, 0.05) is 5.39 Å². The Bertz CT molecular complexity index is 631. The molecule has 0 fully saturated rings. The normalized spacial score (nSPS) is 10.8. The monoisotopic (exact) mass is 268 g/mol. The highest BCUT2D eigenvalue weighted by Gasteiger charge is 2.17. The number of non-ortho nitro benzene ring substituents is 1. The molecule has 0 aliphatic heterocycles. The lowest BCUT2D eigenvalue weighted by atomic mass is 10.1. The van der Waals surface area contributed by atoms with Gasteiger partial charge in [0.05, 0.1) is 11.0 Å². The number of fused-ring (bicyclic) bond motifs is 1. The van der Waals surface area contributed by atoms with Crippen LogP contribution in [0.15, 0.2) is 18.2 Å². The zero-order valence-corrected chi connectivity index (χ0v) is 10.4. The fraction of sp³-hybridized carbons (Fsp3) is 0.250. The third-order valence-electron chi connectivity index (χ3n) is 2.60. The lowest BCUT2D eigenvalue weighted by Gasteiger charge is -2.05. The number of benzene rings is 1. The first-order valence-electron chi connectivity index (χ1n) is 5.46. The molecule has 0 N–H and O–H groups in total. The van der Waals surface area contributed by atoms with Crippen molar-refractivity contribution in [2.45, 2.75) is 19.8 Å². The summed E-state index contributed by atoms with van der Waals surface area (Å²) < 4.78 is 13.3. The minimum Gasteiger partial charge on any atom is -0.258 e. The Morgan fingerprint density at radius 1 is 1.44 bits per heavy atom. The molecule has 0 amide bonds. The fourth-order valence-electron chi connectivity index (χ4n) is 1.84. The van der Waals surface area contributed by atoms with Gasteiger partial charge in [0.15, 0.2) is 0 Å². The molecule has 2 aromatic rings. The van der Waals surface area contributed by atoms with Crippen molar-refractivity contribution >= 4 is 28.2 Å². The molecule has 1 aromatic carbocycles. The maximum absolute atomic E-state index is 13.3. The Morgan fingerprint density at radius 3 is 2.78 bits per heavy atom. The van der Waals surface area contributed by atoms with E-state index >= 15 is 0 Å². The maximum Gasteiger partial charge on any atom is 0.298 e. The zero-order valence-electron chi connectivity index (χ0n) is 9.61. The van der Waals surface area contributed by atoms with Gasteiger partial charge in [-0.05, 0) is 24.1 Å². The number of nitrogens with zero attached hydrogens (tertiary/aromatic N) is 2. The van der Waals surface area contributed by atoms with Crippen LogP contribution in [0.25, 0.3) is 10.9 Å². The summed E-state index contributed by atoms with van der Waals surface area (Å²) in [6, 6.07) is 3.74.